The zero-order valence-corrected chi connectivity index (χ0v) is 19.0. The molecule has 33 heavy (non-hydrogen) atoms. The number of carbonyl (C=O) groups excluding carboxylic acids is 2. The number of nitrogens with zero attached hydrogens (tertiary/aromatic N) is 2. The van der Waals surface area contributed by atoms with Crippen LogP contribution >= 0.6 is 0 Å². The van der Waals surface area contributed by atoms with Gasteiger partial charge >= 0.3 is 0 Å². The summed E-state index contributed by atoms with van der Waals surface area (Å²) >= 11 is 0. The van der Waals surface area contributed by atoms with E-state index in [1.807, 2.05) is 38.1 Å². The molecule has 1 heterocycles. The van der Waals surface area contributed by atoms with Crippen LogP contribution in [0.4, 0.5) is 15.8 Å². The van der Waals surface area contributed by atoms with Gasteiger partial charge in [-0.05, 0) is 80.4 Å². The van der Waals surface area contributed by atoms with Crippen LogP contribution in [0.2, 0.25) is 0 Å². The van der Waals surface area contributed by atoms with E-state index in [0.717, 1.165) is 11.3 Å². The molecule has 0 N–H and O–H groups in total. The SMILES string of the molecule is CCN(C(=O)[C@H]1C[C@H](C)N(C(=O)c2ccc(OC)cc2)c2ccccc21)c1ccc(F)cc1. The monoisotopic (exact) mass is 446 g/mol. The molecule has 1 aliphatic heterocycles. The van der Waals surface area contributed by atoms with Gasteiger partial charge in [-0.3, -0.25) is 9.59 Å². The van der Waals surface area contributed by atoms with Crippen LogP contribution in [0.1, 0.15) is 42.1 Å². The van der Waals surface area contributed by atoms with Crippen LogP contribution in [-0.4, -0.2) is 31.5 Å². The maximum absolute atomic E-state index is 13.7. The van der Waals surface area contributed by atoms with E-state index in [1.165, 1.54) is 12.1 Å². The van der Waals surface area contributed by atoms with E-state index in [9.17, 15) is 14.0 Å². The Morgan fingerprint density at radius 2 is 1.70 bits per heavy atom. The molecule has 3 aromatic carbocycles. The minimum atomic E-state index is -0.402. The van der Waals surface area contributed by atoms with E-state index in [4.69, 9.17) is 4.74 Å². The molecule has 0 bridgehead atoms. The molecule has 0 saturated heterocycles. The molecule has 3 aromatic rings. The fourth-order valence-corrected chi connectivity index (χ4v) is 4.50. The fourth-order valence-electron chi connectivity index (χ4n) is 4.50. The summed E-state index contributed by atoms with van der Waals surface area (Å²) in [5, 5.41) is 0. The van der Waals surface area contributed by atoms with E-state index >= 15 is 0 Å². The van der Waals surface area contributed by atoms with Crippen LogP contribution in [0.15, 0.2) is 72.8 Å². The van der Waals surface area contributed by atoms with E-state index in [0.29, 0.717) is 30.0 Å². The van der Waals surface area contributed by atoms with Crippen molar-refractivity contribution in [2.75, 3.05) is 23.5 Å². The highest BCUT2D eigenvalue weighted by Gasteiger charge is 2.38. The van der Waals surface area contributed by atoms with Gasteiger partial charge in [0.1, 0.15) is 11.6 Å². The average molecular weight is 447 g/mol. The molecule has 2 atom stereocenters. The summed E-state index contributed by atoms with van der Waals surface area (Å²) in [6.07, 6.45) is 0.495. The number of benzene rings is 3. The van der Waals surface area contributed by atoms with E-state index in [1.54, 1.807) is 53.3 Å². The second-order valence-electron chi connectivity index (χ2n) is 8.16. The molecule has 0 aliphatic carbocycles. The van der Waals surface area contributed by atoms with Gasteiger partial charge in [-0.25, -0.2) is 4.39 Å². The molecule has 2 amide bonds. The van der Waals surface area contributed by atoms with E-state index in [-0.39, 0.29) is 23.7 Å². The standard InChI is InChI=1S/C27H27FN2O3/c1-4-29(21-13-11-20(28)12-14-21)27(32)24-17-18(2)30(25-8-6-5-7-23(24)25)26(31)19-9-15-22(33-3)16-10-19/h5-16,18,24H,4,17H2,1-3H3/t18-,24-/m0/s1. The van der Waals surface area contributed by atoms with Crippen LogP contribution < -0.4 is 14.5 Å². The largest absolute Gasteiger partial charge is 0.497 e. The van der Waals surface area contributed by atoms with Gasteiger partial charge < -0.3 is 14.5 Å². The number of fused-ring (bicyclic) bond motifs is 1. The van der Waals surface area contributed by atoms with Gasteiger partial charge in [0.05, 0.1) is 13.0 Å². The number of hydrogen-bond donors (Lipinski definition) is 0. The molecule has 0 fully saturated rings. The summed E-state index contributed by atoms with van der Waals surface area (Å²) in [5.41, 5.74) is 2.78. The van der Waals surface area contributed by atoms with Gasteiger partial charge in [0.2, 0.25) is 5.91 Å². The molecule has 0 unspecified atom stereocenters. The molecule has 170 valence electrons. The Labute approximate surface area is 193 Å². The van der Waals surface area contributed by atoms with Crippen molar-refractivity contribution in [3.63, 3.8) is 0 Å². The summed E-state index contributed by atoms with van der Waals surface area (Å²) < 4.78 is 18.6. The number of carbonyl (C=O) groups is 2. The molecular weight excluding hydrogens is 419 g/mol. The third-order valence-corrected chi connectivity index (χ3v) is 6.16. The lowest BCUT2D eigenvalue weighted by Gasteiger charge is -2.40. The van der Waals surface area contributed by atoms with Crippen LogP contribution in [0.25, 0.3) is 0 Å². The third kappa shape index (κ3) is 4.33. The van der Waals surface area contributed by atoms with Crippen molar-refractivity contribution in [1.82, 2.24) is 0 Å². The Morgan fingerprint density at radius 1 is 1.03 bits per heavy atom. The minimum Gasteiger partial charge on any atom is -0.497 e. The molecule has 0 spiro atoms. The quantitative estimate of drug-likeness (QED) is 0.527. The first kappa shape index (κ1) is 22.5. The summed E-state index contributed by atoms with van der Waals surface area (Å²) in [4.78, 5) is 30.5. The fraction of sp³-hybridized carbons (Fsp3) is 0.259. The molecule has 0 radical (unpaired) electrons. The molecule has 6 heteroatoms. The van der Waals surface area contributed by atoms with Crippen molar-refractivity contribution in [2.24, 2.45) is 0 Å². The first-order chi connectivity index (χ1) is 15.9. The highest BCUT2D eigenvalue weighted by Crippen LogP contribution is 2.40. The van der Waals surface area contributed by atoms with Gasteiger partial charge in [0, 0.05) is 29.5 Å². The molecule has 5 nitrogen and oxygen atoms in total. The Balaban J connectivity index is 1.68. The van der Waals surface area contributed by atoms with Crippen molar-refractivity contribution in [1.29, 1.82) is 0 Å². The van der Waals surface area contributed by atoms with E-state index in [2.05, 4.69) is 0 Å². The third-order valence-electron chi connectivity index (χ3n) is 6.16. The normalized spacial score (nSPS) is 17.3. The molecule has 1 aliphatic rings. The first-order valence-electron chi connectivity index (χ1n) is 11.1. The lowest BCUT2D eigenvalue weighted by molar-refractivity contribution is -0.120. The number of amides is 2. The Morgan fingerprint density at radius 3 is 2.33 bits per heavy atom. The van der Waals surface area contributed by atoms with Gasteiger partial charge in [-0.2, -0.15) is 0 Å². The number of methoxy groups -OCH3 is 1. The summed E-state index contributed by atoms with van der Waals surface area (Å²) in [6, 6.07) is 20.4. The first-order valence-corrected chi connectivity index (χ1v) is 11.1. The smallest absolute Gasteiger partial charge is 0.258 e. The Hall–Kier alpha value is -3.67. The predicted molar refractivity (Wildman–Crippen MR) is 127 cm³/mol. The van der Waals surface area contributed by atoms with Crippen molar-refractivity contribution in [2.45, 2.75) is 32.2 Å². The Kier molecular flexibility index (Phi) is 6.45. The number of halogens is 1. The van der Waals surface area contributed by atoms with Crippen molar-refractivity contribution < 1.29 is 18.7 Å². The maximum atomic E-state index is 13.7. The lowest BCUT2D eigenvalue weighted by Crippen LogP contribution is -2.46. The van der Waals surface area contributed by atoms with Crippen LogP contribution in [0.5, 0.6) is 5.75 Å². The minimum absolute atomic E-state index is 0.0556. The number of para-hydroxylation sites is 1. The van der Waals surface area contributed by atoms with E-state index < -0.39 is 5.92 Å². The Bertz CT molecular complexity index is 1140. The van der Waals surface area contributed by atoms with Gasteiger partial charge in [-0.1, -0.05) is 18.2 Å². The van der Waals surface area contributed by atoms with Gasteiger partial charge in [0.15, 0.2) is 0 Å². The van der Waals surface area contributed by atoms with Gasteiger partial charge in [-0.15, -0.1) is 0 Å². The number of rotatable bonds is 5. The van der Waals surface area contributed by atoms with Crippen LogP contribution in [0.3, 0.4) is 0 Å². The lowest BCUT2D eigenvalue weighted by atomic mass is 9.84. The second kappa shape index (κ2) is 9.45. The van der Waals surface area contributed by atoms with Crippen LogP contribution in [0, 0.1) is 5.82 Å². The molecular formula is C27H27FN2O3. The van der Waals surface area contributed by atoms with Crippen molar-refractivity contribution in [3.05, 3.63) is 89.7 Å². The highest BCUT2D eigenvalue weighted by atomic mass is 19.1. The second-order valence-corrected chi connectivity index (χ2v) is 8.16. The van der Waals surface area contributed by atoms with Crippen LogP contribution in [-0.2, 0) is 4.79 Å². The summed E-state index contributed by atoms with van der Waals surface area (Å²) in [7, 11) is 1.59. The number of ether oxygens (including phenoxy) is 1. The number of hydrogen-bond acceptors (Lipinski definition) is 3. The van der Waals surface area contributed by atoms with Gasteiger partial charge in [0.25, 0.3) is 5.91 Å². The summed E-state index contributed by atoms with van der Waals surface area (Å²) in [6.45, 7) is 4.33. The topological polar surface area (TPSA) is 49.9 Å². The zero-order chi connectivity index (χ0) is 23.5. The highest BCUT2D eigenvalue weighted by molar-refractivity contribution is 6.09. The summed E-state index contributed by atoms with van der Waals surface area (Å²) in [5.74, 6) is -0.230. The number of likely N-dealkylation sites (N-methyl/N-ethyl adjacent to an activating group) is 1. The number of anilines is 2. The van der Waals surface area contributed by atoms with Crippen molar-refractivity contribution in [3.8, 4) is 5.75 Å². The zero-order valence-electron chi connectivity index (χ0n) is 19.0. The molecule has 0 saturated carbocycles. The predicted octanol–water partition coefficient (Wildman–Crippen LogP) is 5.41. The average Bonchev–Trinajstić information content (AvgIpc) is 2.84. The molecule has 4 rings (SSSR count). The maximum Gasteiger partial charge on any atom is 0.258 e. The molecule has 0 aromatic heterocycles. The van der Waals surface area contributed by atoms with Crippen molar-refractivity contribution >= 4 is 23.2 Å².